The molecule has 0 spiro atoms. The van der Waals surface area contributed by atoms with E-state index in [4.69, 9.17) is 0 Å². The summed E-state index contributed by atoms with van der Waals surface area (Å²) in [7, 11) is 0. The molecule has 1 heterocycles. The van der Waals surface area contributed by atoms with E-state index in [1.54, 1.807) is 0 Å². The molecule has 0 fully saturated rings. The van der Waals surface area contributed by atoms with Crippen molar-refractivity contribution in [2.45, 2.75) is 19.3 Å². The Morgan fingerprint density at radius 2 is 1.34 bits per heavy atom. The van der Waals surface area contributed by atoms with E-state index in [-0.39, 0.29) is 5.41 Å². The third-order valence-electron chi connectivity index (χ3n) is 8.46. The molecule has 0 saturated heterocycles. The number of aromatic nitrogens is 1. The quantitative estimate of drug-likeness (QED) is 0.247. The average Bonchev–Trinajstić information content (AvgIpc) is 3.40. The molecule has 1 aromatic heterocycles. The lowest BCUT2D eigenvalue weighted by molar-refractivity contribution is 0.661. The van der Waals surface area contributed by atoms with E-state index in [1.165, 1.54) is 55.3 Å². The van der Waals surface area contributed by atoms with E-state index >= 15 is 0 Å². The Bertz CT molecular complexity index is 1850. The average molecular weight is 487 g/mol. The molecule has 0 N–H and O–H groups in total. The molecule has 0 aliphatic heterocycles. The monoisotopic (exact) mass is 486 g/mol. The molecule has 2 aliphatic rings. The SMILES string of the molecule is CC1(C)c2ccccc2-c2c1cc1c3c(cccc23)-c2ccc(N(c3ccccc3)c3cccnc3)cc2-1. The van der Waals surface area contributed by atoms with Crippen molar-refractivity contribution in [2.24, 2.45) is 0 Å². The Kier molecular flexibility index (Phi) is 4.31. The zero-order valence-corrected chi connectivity index (χ0v) is 21.4. The normalized spacial score (nSPS) is 13.7. The van der Waals surface area contributed by atoms with Crippen molar-refractivity contribution in [3.05, 3.63) is 133 Å². The van der Waals surface area contributed by atoms with Crippen molar-refractivity contribution in [1.82, 2.24) is 4.98 Å². The fourth-order valence-corrected chi connectivity index (χ4v) is 6.74. The van der Waals surface area contributed by atoms with E-state index in [0.717, 1.165) is 17.1 Å². The summed E-state index contributed by atoms with van der Waals surface area (Å²) in [5.41, 5.74) is 14.1. The van der Waals surface area contributed by atoms with Gasteiger partial charge in [-0.1, -0.05) is 80.6 Å². The maximum absolute atomic E-state index is 4.43. The number of fused-ring (bicyclic) bond motifs is 7. The lowest BCUT2D eigenvalue weighted by atomic mass is 9.81. The van der Waals surface area contributed by atoms with E-state index in [1.807, 2.05) is 18.5 Å². The summed E-state index contributed by atoms with van der Waals surface area (Å²) in [6.07, 6.45) is 3.76. The van der Waals surface area contributed by atoms with E-state index in [9.17, 15) is 0 Å². The Balaban J connectivity index is 1.39. The van der Waals surface area contributed by atoms with Crippen molar-refractivity contribution < 1.29 is 0 Å². The van der Waals surface area contributed by atoms with Crippen LogP contribution in [0.5, 0.6) is 0 Å². The van der Waals surface area contributed by atoms with Crippen LogP contribution in [-0.2, 0) is 5.41 Å². The first-order chi connectivity index (χ1) is 18.6. The summed E-state index contributed by atoms with van der Waals surface area (Å²) in [4.78, 5) is 6.72. The van der Waals surface area contributed by atoms with Crippen LogP contribution in [0, 0.1) is 0 Å². The van der Waals surface area contributed by atoms with Crippen LogP contribution in [0.1, 0.15) is 25.0 Å². The minimum Gasteiger partial charge on any atom is -0.309 e. The van der Waals surface area contributed by atoms with Crippen molar-refractivity contribution in [3.8, 4) is 33.4 Å². The van der Waals surface area contributed by atoms with Crippen LogP contribution in [0.3, 0.4) is 0 Å². The van der Waals surface area contributed by atoms with Gasteiger partial charge in [-0.25, -0.2) is 0 Å². The van der Waals surface area contributed by atoms with Crippen LogP contribution in [0.25, 0.3) is 44.2 Å². The van der Waals surface area contributed by atoms with Crippen LogP contribution in [-0.4, -0.2) is 4.98 Å². The number of hydrogen-bond acceptors (Lipinski definition) is 2. The molecule has 2 aliphatic carbocycles. The molecule has 2 nitrogen and oxygen atoms in total. The molecule has 0 amide bonds. The molecule has 6 aromatic rings. The molecule has 0 atom stereocenters. The molecule has 0 saturated carbocycles. The largest absolute Gasteiger partial charge is 0.309 e. The van der Waals surface area contributed by atoms with Gasteiger partial charge in [0, 0.05) is 23.0 Å². The number of anilines is 3. The standard InChI is InChI=1S/C36H26N2/c1-36(2)32-16-7-6-13-28(32)35-29-15-8-14-27-26-18-17-24(20-30(26)31(34(27)29)21-33(35)36)38(23-10-4-3-5-11-23)25-12-9-19-37-22-25/h3-22H,1-2H3. The Hall–Kier alpha value is -4.69. The van der Waals surface area contributed by atoms with Gasteiger partial charge in [0.25, 0.3) is 0 Å². The second-order valence-corrected chi connectivity index (χ2v) is 10.9. The Morgan fingerprint density at radius 1 is 0.553 bits per heavy atom. The molecule has 180 valence electrons. The van der Waals surface area contributed by atoms with Gasteiger partial charge < -0.3 is 4.90 Å². The zero-order chi connectivity index (χ0) is 25.4. The molecular weight excluding hydrogens is 460 g/mol. The topological polar surface area (TPSA) is 16.1 Å². The summed E-state index contributed by atoms with van der Waals surface area (Å²) in [6.45, 7) is 4.73. The van der Waals surface area contributed by atoms with Gasteiger partial charge in [-0.05, 0) is 97.7 Å². The molecule has 5 aromatic carbocycles. The molecular formula is C36H26N2. The summed E-state index contributed by atoms with van der Waals surface area (Å²) in [6, 6.07) is 39.8. The second kappa shape index (κ2) is 7.66. The highest BCUT2D eigenvalue weighted by molar-refractivity contribution is 6.20. The minimum absolute atomic E-state index is 0.0429. The smallest absolute Gasteiger partial charge is 0.0644 e. The predicted molar refractivity (Wildman–Crippen MR) is 158 cm³/mol. The lowest BCUT2D eigenvalue weighted by Gasteiger charge is -2.26. The first-order valence-electron chi connectivity index (χ1n) is 13.2. The fourth-order valence-electron chi connectivity index (χ4n) is 6.74. The molecule has 0 unspecified atom stereocenters. The van der Waals surface area contributed by atoms with Crippen molar-refractivity contribution >= 4 is 27.8 Å². The summed E-state index contributed by atoms with van der Waals surface area (Å²) >= 11 is 0. The third kappa shape index (κ3) is 2.80. The molecule has 8 rings (SSSR count). The highest BCUT2D eigenvalue weighted by Crippen LogP contribution is 2.57. The molecule has 0 bridgehead atoms. The Labute approximate surface area is 222 Å². The first-order valence-corrected chi connectivity index (χ1v) is 13.2. The van der Waals surface area contributed by atoms with Crippen LogP contribution in [0.15, 0.2) is 122 Å². The van der Waals surface area contributed by atoms with E-state index in [2.05, 4.69) is 127 Å². The number of para-hydroxylation sites is 1. The van der Waals surface area contributed by atoms with Gasteiger partial charge >= 0.3 is 0 Å². The maximum atomic E-state index is 4.43. The molecule has 0 radical (unpaired) electrons. The van der Waals surface area contributed by atoms with Crippen molar-refractivity contribution in [1.29, 1.82) is 0 Å². The first kappa shape index (κ1) is 21.4. The number of pyridine rings is 1. The zero-order valence-electron chi connectivity index (χ0n) is 21.4. The van der Waals surface area contributed by atoms with Crippen molar-refractivity contribution in [2.75, 3.05) is 4.90 Å². The highest BCUT2D eigenvalue weighted by Gasteiger charge is 2.38. The number of benzene rings is 5. The van der Waals surface area contributed by atoms with Gasteiger partial charge in [-0.15, -0.1) is 0 Å². The van der Waals surface area contributed by atoms with Gasteiger partial charge in [0.05, 0.1) is 11.9 Å². The number of hydrogen-bond donors (Lipinski definition) is 0. The Morgan fingerprint density at radius 3 is 2.18 bits per heavy atom. The summed E-state index contributed by atoms with van der Waals surface area (Å²) in [5.74, 6) is 0. The summed E-state index contributed by atoms with van der Waals surface area (Å²) < 4.78 is 0. The van der Waals surface area contributed by atoms with Crippen LogP contribution in [0.2, 0.25) is 0 Å². The predicted octanol–water partition coefficient (Wildman–Crippen LogP) is 9.66. The highest BCUT2D eigenvalue weighted by atomic mass is 15.1. The van der Waals surface area contributed by atoms with Gasteiger partial charge in [0.15, 0.2) is 0 Å². The lowest BCUT2D eigenvalue weighted by Crippen LogP contribution is -2.15. The van der Waals surface area contributed by atoms with Gasteiger partial charge in [0.2, 0.25) is 0 Å². The van der Waals surface area contributed by atoms with E-state index < -0.39 is 0 Å². The molecule has 38 heavy (non-hydrogen) atoms. The van der Waals surface area contributed by atoms with Gasteiger partial charge in [-0.3, -0.25) is 4.98 Å². The van der Waals surface area contributed by atoms with Gasteiger partial charge in [-0.2, -0.15) is 0 Å². The van der Waals surface area contributed by atoms with Gasteiger partial charge in [0.1, 0.15) is 0 Å². The maximum Gasteiger partial charge on any atom is 0.0644 e. The third-order valence-corrected chi connectivity index (χ3v) is 8.46. The second-order valence-electron chi connectivity index (χ2n) is 10.9. The van der Waals surface area contributed by atoms with Crippen LogP contribution < -0.4 is 4.90 Å². The van der Waals surface area contributed by atoms with Crippen molar-refractivity contribution in [3.63, 3.8) is 0 Å². The summed E-state index contributed by atoms with van der Waals surface area (Å²) in [5, 5.41) is 2.73. The number of rotatable bonds is 3. The molecule has 2 heteroatoms. The van der Waals surface area contributed by atoms with Crippen LogP contribution >= 0.6 is 0 Å². The fraction of sp³-hybridized carbons (Fsp3) is 0.0833. The van der Waals surface area contributed by atoms with E-state index in [0.29, 0.717) is 0 Å². The van der Waals surface area contributed by atoms with Crippen LogP contribution in [0.4, 0.5) is 17.1 Å². The minimum atomic E-state index is -0.0429. The number of nitrogens with zero attached hydrogens (tertiary/aromatic N) is 2.